The second-order valence-electron chi connectivity index (χ2n) is 3.51. The zero-order valence-electron chi connectivity index (χ0n) is 7.18. The summed E-state index contributed by atoms with van der Waals surface area (Å²) >= 11 is 4.21. The van der Waals surface area contributed by atoms with Crippen LogP contribution in [-0.4, -0.2) is 15.1 Å². The van der Waals surface area contributed by atoms with Gasteiger partial charge in [-0.2, -0.15) is 0 Å². The maximum absolute atomic E-state index is 2.35. The zero-order valence-corrected chi connectivity index (χ0v) is 8.81. The van der Waals surface area contributed by atoms with Crippen LogP contribution in [0.15, 0.2) is 0 Å². The first-order valence-electron chi connectivity index (χ1n) is 3.83. The molecule has 2 heteroatoms. The van der Waals surface area contributed by atoms with Crippen LogP contribution >= 0.6 is 23.5 Å². The molecule has 1 rings (SSSR count). The van der Waals surface area contributed by atoms with E-state index in [1.54, 1.807) is 0 Å². The SMILES string of the molecule is C[C@@H]1CSC(C)(C)S[C@H]1C. The number of hydrogen-bond donors (Lipinski definition) is 0. The van der Waals surface area contributed by atoms with Crippen LogP contribution < -0.4 is 0 Å². The predicted molar refractivity (Wildman–Crippen MR) is 52.8 cm³/mol. The van der Waals surface area contributed by atoms with Crippen LogP contribution in [0.5, 0.6) is 0 Å². The quantitative estimate of drug-likeness (QED) is 0.556. The normalized spacial score (nSPS) is 39.6. The summed E-state index contributed by atoms with van der Waals surface area (Å²) in [5.74, 6) is 2.23. The Morgan fingerprint density at radius 1 is 1.30 bits per heavy atom. The van der Waals surface area contributed by atoms with Crippen LogP contribution in [0.25, 0.3) is 0 Å². The Bertz CT molecular complexity index is 120. The molecule has 0 aliphatic carbocycles. The van der Waals surface area contributed by atoms with E-state index in [0.717, 1.165) is 11.2 Å². The van der Waals surface area contributed by atoms with E-state index >= 15 is 0 Å². The van der Waals surface area contributed by atoms with Gasteiger partial charge in [0.2, 0.25) is 0 Å². The van der Waals surface area contributed by atoms with Gasteiger partial charge >= 0.3 is 0 Å². The molecule has 1 fully saturated rings. The maximum Gasteiger partial charge on any atom is 0.0557 e. The van der Waals surface area contributed by atoms with E-state index in [-0.39, 0.29) is 0 Å². The van der Waals surface area contributed by atoms with Gasteiger partial charge in [-0.25, -0.2) is 0 Å². The van der Waals surface area contributed by atoms with Crippen LogP contribution in [0, 0.1) is 5.92 Å². The van der Waals surface area contributed by atoms with Gasteiger partial charge in [0.05, 0.1) is 4.08 Å². The number of hydrogen-bond acceptors (Lipinski definition) is 2. The highest BCUT2D eigenvalue weighted by atomic mass is 32.2. The van der Waals surface area contributed by atoms with Crippen molar-refractivity contribution in [3.63, 3.8) is 0 Å². The van der Waals surface area contributed by atoms with Crippen LogP contribution in [0.1, 0.15) is 27.7 Å². The summed E-state index contributed by atoms with van der Waals surface area (Å²) in [6.07, 6.45) is 0. The Kier molecular flexibility index (Phi) is 2.62. The first-order valence-corrected chi connectivity index (χ1v) is 5.69. The van der Waals surface area contributed by atoms with E-state index in [0.29, 0.717) is 4.08 Å². The Morgan fingerprint density at radius 3 is 2.30 bits per heavy atom. The Hall–Kier alpha value is 0.700. The van der Waals surface area contributed by atoms with Gasteiger partial charge in [-0.05, 0) is 25.5 Å². The van der Waals surface area contributed by atoms with Crippen molar-refractivity contribution in [1.29, 1.82) is 0 Å². The van der Waals surface area contributed by atoms with E-state index in [1.165, 1.54) is 5.75 Å². The Morgan fingerprint density at radius 2 is 1.90 bits per heavy atom. The summed E-state index contributed by atoms with van der Waals surface area (Å²) in [6.45, 7) is 9.34. The van der Waals surface area contributed by atoms with Crippen molar-refractivity contribution in [3.8, 4) is 0 Å². The molecule has 0 N–H and O–H groups in total. The van der Waals surface area contributed by atoms with E-state index < -0.39 is 0 Å². The molecule has 1 heterocycles. The van der Waals surface area contributed by atoms with Crippen molar-refractivity contribution in [2.45, 2.75) is 37.0 Å². The van der Waals surface area contributed by atoms with E-state index in [2.05, 4.69) is 51.2 Å². The molecule has 0 nitrogen and oxygen atoms in total. The lowest BCUT2D eigenvalue weighted by Crippen LogP contribution is -2.27. The lowest BCUT2D eigenvalue weighted by Gasteiger charge is -2.36. The molecule has 0 aromatic carbocycles. The zero-order chi connectivity index (χ0) is 7.78. The van der Waals surface area contributed by atoms with Crippen molar-refractivity contribution in [2.24, 2.45) is 5.92 Å². The first kappa shape index (κ1) is 8.79. The van der Waals surface area contributed by atoms with Gasteiger partial charge in [-0.15, -0.1) is 23.5 Å². The van der Waals surface area contributed by atoms with Gasteiger partial charge in [0.15, 0.2) is 0 Å². The third-order valence-electron chi connectivity index (χ3n) is 1.96. The van der Waals surface area contributed by atoms with Crippen molar-refractivity contribution < 1.29 is 0 Å². The third kappa shape index (κ3) is 2.09. The molecule has 10 heavy (non-hydrogen) atoms. The molecule has 60 valence electrons. The highest BCUT2D eigenvalue weighted by Crippen LogP contribution is 2.46. The Balaban J connectivity index is 2.49. The van der Waals surface area contributed by atoms with E-state index in [9.17, 15) is 0 Å². The second kappa shape index (κ2) is 2.98. The molecular formula is C8H16S2. The van der Waals surface area contributed by atoms with Crippen molar-refractivity contribution in [1.82, 2.24) is 0 Å². The van der Waals surface area contributed by atoms with Gasteiger partial charge in [0.1, 0.15) is 0 Å². The van der Waals surface area contributed by atoms with Crippen molar-refractivity contribution in [3.05, 3.63) is 0 Å². The molecule has 0 saturated carbocycles. The van der Waals surface area contributed by atoms with Gasteiger partial charge in [0.25, 0.3) is 0 Å². The van der Waals surface area contributed by atoms with Crippen molar-refractivity contribution in [2.75, 3.05) is 5.75 Å². The average Bonchev–Trinajstić information content (AvgIpc) is 1.79. The molecule has 0 aromatic rings. The minimum atomic E-state index is 0.464. The van der Waals surface area contributed by atoms with Crippen molar-refractivity contribution >= 4 is 23.5 Å². The van der Waals surface area contributed by atoms with Gasteiger partial charge in [-0.3, -0.25) is 0 Å². The fraction of sp³-hybridized carbons (Fsp3) is 1.00. The fourth-order valence-corrected chi connectivity index (χ4v) is 4.30. The lowest BCUT2D eigenvalue weighted by atomic mass is 10.1. The summed E-state index contributed by atoms with van der Waals surface area (Å²) in [5, 5.41) is 0.844. The smallest absolute Gasteiger partial charge is 0.0557 e. The highest BCUT2D eigenvalue weighted by molar-refractivity contribution is 8.19. The van der Waals surface area contributed by atoms with Crippen LogP contribution in [0.4, 0.5) is 0 Å². The molecule has 0 unspecified atom stereocenters. The largest absolute Gasteiger partial charge is 0.144 e. The average molecular weight is 176 g/mol. The number of thioether (sulfide) groups is 2. The topological polar surface area (TPSA) is 0 Å². The minimum absolute atomic E-state index is 0.464. The molecule has 0 aromatic heterocycles. The van der Waals surface area contributed by atoms with Crippen LogP contribution in [0.2, 0.25) is 0 Å². The van der Waals surface area contributed by atoms with Gasteiger partial charge in [0, 0.05) is 5.25 Å². The molecule has 1 aliphatic heterocycles. The monoisotopic (exact) mass is 176 g/mol. The fourth-order valence-electron chi connectivity index (χ4n) is 1.07. The summed E-state index contributed by atoms with van der Waals surface area (Å²) in [5.41, 5.74) is 0. The minimum Gasteiger partial charge on any atom is -0.144 e. The molecule has 2 atom stereocenters. The second-order valence-corrected chi connectivity index (χ2v) is 7.41. The molecule has 0 radical (unpaired) electrons. The molecule has 1 saturated heterocycles. The molecule has 0 spiro atoms. The summed E-state index contributed by atoms with van der Waals surface area (Å²) in [4.78, 5) is 0. The molecule has 1 aliphatic rings. The predicted octanol–water partition coefficient (Wildman–Crippen LogP) is 3.23. The summed E-state index contributed by atoms with van der Waals surface area (Å²) in [7, 11) is 0. The molecule has 0 bridgehead atoms. The van der Waals surface area contributed by atoms with Crippen LogP contribution in [0.3, 0.4) is 0 Å². The maximum atomic E-state index is 2.35. The molecular weight excluding hydrogens is 160 g/mol. The number of rotatable bonds is 0. The van der Waals surface area contributed by atoms with Gasteiger partial charge in [-0.1, -0.05) is 13.8 Å². The third-order valence-corrected chi connectivity index (χ3v) is 5.40. The standard InChI is InChI=1S/C8H16S2/c1-6-5-9-8(3,4)10-7(6)2/h6-7H,5H2,1-4H3/t6-,7+/m1/s1. The summed E-state index contributed by atoms with van der Waals surface area (Å²) < 4.78 is 0.464. The first-order chi connectivity index (χ1) is 4.51. The Labute approximate surface area is 72.5 Å². The summed E-state index contributed by atoms with van der Waals surface area (Å²) in [6, 6.07) is 0. The highest BCUT2D eigenvalue weighted by Gasteiger charge is 2.30. The van der Waals surface area contributed by atoms with E-state index in [1.807, 2.05) is 0 Å². The lowest BCUT2D eigenvalue weighted by molar-refractivity contribution is 0.639. The molecule has 0 amide bonds. The van der Waals surface area contributed by atoms with E-state index in [4.69, 9.17) is 0 Å². The van der Waals surface area contributed by atoms with Crippen LogP contribution in [-0.2, 0) is 0 Å². The van der Waals surface area contributed by atoms with Gasteiger partial charge < -0.3 is 0 Å².